The molecular formula is C14H17N5OS. The highest BCUT2D eigenvalue weighted by atomic mass is 32.1. The second kappa shape index (κ2) is 6.17. The highest BCUT2D eigenvalue weighted by Crippen LogP contribution is 2.30. The van der Waals surface area contributed by atoms with Crippen LogP contribution in [0.3, 0.4) is 0 Å². The minimum absolute atomic E-state index is 0.267. The summed E-state index contributed by atoms with van der Waals surface area (Å²) in [6.07, 6.45) is 4.26. The maximum Gasteiger partial charge on any atom is 0.277 e. The number of hydrogen-bond donors (Lipinski definition) is 2. The Kier molecular flexibility index (Phi) is 4.10. The Morgan fingerprint density at radius 2 is 2.24 bits per heavy atom. The largest absolute Gasteiger partial charge is 0.369 e. The number of fused-ring (bicyclic) bond motifs is 1. The first-order valence-electron chi connectivity index (χ1n) is 7.14. The summed E-state index contributed by atoms with van der Waals surface area (Å²) in [7, 11) is 0. The van der Waals surface area contributed by atoms with Gasteiger partial charge in [-0.05, 0) is 37.8 Å². The molecule has 0 unspecified atom stereocenters. The van der Waals surface area contributed by atoms with E-state index in [1.807, 2.05) is 0 Å². The van der Waals surface area contributed by atoms with Crippen LogP contribution < -0.4 is 10.6 Å². The quantitative estimate of drug-likeness (QED) is 0.887. The monoisotopic (exact) mass is 303 g/mol. The minimum Gasteiger partial charge on any atom is -0.369 e. The molecule has 0 aliphatic heterocycles. The van der Waals surface area contributed by atoms with E-state index in [4.69, 9.17) is 0 Å². The molecule has 1 aliphatic rings. The van der Waals surface area contributed by atoms with Crippen molar-refractivity contribution in [2.75, 3.05) is 17.2 Å². The number of anilines is 2. The Morgan fingerprint density at radius 3 is 2.95 bits per heavy atom. The molecule has 6 nitrogen and oxygen atoms in total. The second-order valence-electron chi connectivity index (χ2n) is 4.93. The smallest absolute Gasteiger partial charge is 0.277 e. The molecular weight excluding hydrogens is 286 g/mol. The van der Waals surface area contributed by atoms with E-state index in [1.54, 1.807) is 23.5 Å². The third kappa shape index (κ3) is 3.18. The van der Waals surface area contributed by atoms with Crippen molar-refractivity contribution in [2.24, 2.45) is 0 Å². The van der Waals surface area contributed by atoms with E-state index in [9.17, 15) is 4.79 Å². The maximum atomic E-state index is 12.1. The zero-order valence-corrected chi connectivity index (χ0v) is 12.7. The Balaban J connectivity index is 1.64. The summed E-state index contributed by atoms with van der Waals surface area (Å²) in [5.41, 5.74) is 1.42. The lowest BCUT2D eigenvalue weighted by molar-refractivity contribution is 0.102. The molecule has 2 N–H and O–H groups in total. The predicted molar refractivity (Wildman–Crippen MR) is 82.9 cm³/mol. The number of aromatic nitrogens is 3. The summed E-state index contributed by atoms with van der Waals surface area (Å²) in [5, 5.41) is 14.5. The SMILES string of the molecule is CCCNc1ccc(C(=O)Nc2nc3c(s2)CCC3)nn1. The van der Waals surface area contributed by atoms with Gasteiger partial charge in [0.2, 0.25) is 0 Å². The number of nitrogens with one attached hydrogen (secondary N) is 2. The maximum absolute atomic E-state index is 12.1. The Morgan fingerprint density at radius 1 is 1.33 bits per heavy atom. The fraction of sp³-hybridized carbons (Fsp3) is 0.429. The van der Waals surface area contributed by atoms with Gasteiger partial charge in [0.1, 0.15) is 5.82 Å². The fourth-order valence-corrected chi connectivity index (χ4v) is 3.25. The average Bonchev–Trinajstić information content (AvgIpc) is 3.06. The van der Waals surface area contributed by atoms with Gasteiger partial charge in [0.15, 0.2) is 10.8 Å². The molecule has 0 spiro atoms. The molecule has 0 atom stereocenters. The average molecular weight is 303 g/mol. The molecule has 0 aromatic carbocycles. The zero-order chi connectivity index (χ0) is 14.7. The Bertz CT molecular complexity index is 616. The van der Waals surface area contributed by atoms with E-state index < -0.39 is 0 Å². The van der Waals surface area contributed by atoms with Crippen molar-refractivity contribution < 1.29 is 4.79 Å². The number of nitrogens with zero attached hydrogens (tertiary/aromatic N) is 3. The summed E-state index contributed by atoms with van der Waals surface area (Å²) in [4.78, 5) is 17.8. The number of thiazole rings is 1. The molecule has 2 heterocycles. The van der Waals surface area contributed by atoms with Crippen molar-refractivity contribution >= 4 is 28.2 Å². The summed E-state index contributed by atoms with van der Waals surface area (Å²) >= 11 is 1.56. The van der Waals surface area contributed by atoms with E-state index in [2.05, 4.69) is 32.7 Å². The van der Waals surface area contributed by atoms with Crippen LogP contribution in [0.2, 0.25) is 0 Å². The summed E-state index contributed by atoms with van der Waals surface area (Å²) < 4.78 is 0. The van der Waals surface area contributed by atoms with Crippen LogP contribution >= 0.6 is 11.3 Å². The third-order valence-corrected chi connectivity index (χ3v) is 4.34. The fourth-order valence-electron chi connectivity index (χ4n) is 2.21. The van der Waals surface area contributed by atoms with Gasteiger partial charge in [-0.15, -0.1) is 21.5 Å². The lowest BCUT2D eigenvalue weighted by Gasteiger charge is -2.04. The van der Waals surface area contributed by atoms with Crippen molar-refractivity contribution in [3.8, 4) is 0 Å². The third-order valence-electron chi connectivity index (χ3n) is 3.27. The van der Waals surface area contributed by atoms with Crippen molar-refractivity contribution in [1.82, 2.24) is 15.2 Å². The molecule has 2 aromatic rings. The molecule has 0 fully saturated rings. The van der Waals surface area contributed by atoms with Crippen LogP contribution in [0.4, 0.5) is 10.9 Å². The zero-order valence-electron chi connectivity index (χ0n) is 11.8. The van der Waals surface area contributed by atoms with Gasteiger partial charge in [-0.1, -0.05) is 6.92 Å². The lowest BCUT2D eigenvalue weighted by atomic mass is 10.3. The first kappa shape index (κ1) is 13.9. The first-order valence-corrected chi connectivity index (χ1v) is 7.95. The van der Waals surface area contributed by atoms with Crippen LogP contribution in [0.5, 0.6) is 0 Å². The first-order chi connectivity index (χ1) is 10.3. The van der Waals surface area contributed by atoms with Crippen molar-refractivity contribution in [1.29, 1.82) is 0 Å². The van der Waals surface area contributed by atoms with Crippen molar-refractivity contribution in [3.63, 3.8) is 0 Å². The standard InChI is InChI=1S/C14H17N5OS/c1-2-8-15-12-7-6-10(18-19-12)13(20)17-14-16-9-4-3-5-11(9)21-14/h6-7H,2-5,8H2,1H3,(H,15,19)(H,16,17,20). The minimum atomic E-state index is -0.267. The van der Waals surface area contributed by atoms with E-state index in [1.165, 1.54) is 11.3 Å². The van der Waals surface area contributed by atoms with Gasteiger partial charge in [0, 0.05) is 11.4 Å². The topological polar surface area (TPSA) is 79.8 Å². The molecule has 0 bridgehead atoms. The van der Waals surface area contributed by atoms with E-state index in [0.717, 1.165) is 31.5 Å². The summed E-state index contributed by atoms with van der Waals surface area (Å²) in [6, 6.07) is 3.43. The highest BCUT2D eigenvalue weighted by Gasteiger charge is 2.18. The number of hydrogen-bond acceptors (Lipinski definition) is 6. The molecule has 0 radical (unpaired) electrons. The van der Waals surface area contributed by atoms with E-state index >= 15 is 0 Å². The number of aryl methyl sites for hydroxylation is 2. The number of carbonyl (C=O) groups excluding carboxylic acids is 1. The van der Waals surface area contributed by atoms with Crippen LogP contribution in [0.25, 0.3) is 0 Å². The Hall–Kier alpha value is -2.02. The number of amides is 1. The van der Waals surface area contributed by atoms with Crippen LogP contribution in [-0.4, -0.2) is 27.6 Å². The second-order valence-corrected chi connectivity index (χ2v) is 6.01. The van der Waals surface area contributed by atoms with Crippen LogP contribution in [0, 0.1) is 0 Å². The molecule has 7 heteroatoms. The Labute approximate surface area is 127 Å². The molecule has 1 amide bonds. The van der Waals surface area contributed by atoms with E-state index in [0.29, 0.717) is 16.6 Å². The number of carbonyl (C=O) groups is 1. The normalized spacial score (nSPS) is 13.0. The van der Waals surface area contributed by atoms with Gasteiger partial charge >= 0.3 is 0 Å². The molecule has 21 heavy (non-hydrogen) atoms. The van der Waals surface area contributed by atoms with Gasteiger partial charge in [0.05, 0.1) is 5.69 Å². The van der Waals surface area contributed by atoms with Gasteiger partial charge < -0.3 is 5.32 Å². The van der Waals surface area contributed by atoms with Crippen LogP contribution in [-0.2, 0) is 12.8 Å². The lowest BCUT2D eigenvalue weighted by Crippen LogP contribution is -2.15. The molecule has 0 saturated carbocycles. The molecule has 0 saturated heterocycles. The van der Waals surface area contributed by atoms with E-state index in [-0.39, 0.29) is 5.91 Å². The van der Waals surface area contributed by atoms with Crippen molar-refractivity contribution in [3.05, 3.63) is 28.4 Å². The predicted octanol–water partition coefficient (Wildman–Crippen LogP) is 2.50. The van der Waals surface area contributed by atoms with Gasteiger partial charge in [-0.2, -0.15) is 0 Å². The van der Waals surface area contributed by atoms with Gasteiger partial charge in [-0.3, -0.25) is 10.1 Å². The summed E-state index contributed by atoms with van der Waals surface area (Å²) in [5.74, 6) is 0.415. The van der Waals surface area contributed by atoms with Gasteiger partial charge in [0.25, 0.3) is 5.91 Å². The molecule has 1 aliphatic carbocycles. The van der Waals surface area contributed by atoms with Crippen LogP contribution in [0.1, 0.15) is 40.8 Å². The van der Waals surface area contributed by atoms with Crippen molar-refractivity contribution in [2.45, 2.75) is 32.6 Å². The molecule has 3 rings (SSSR count). The summed E-state index contributed by atoms with van der Waals surface area (Å²) in [6.45, 7) is 2.92. The number of rotatable bonds is 5. The van der Waals surface area contributed by atoms with Gasteiger partial charge in [-0.25, -0.2) is 4.98 Å². The molecule has 110 valence electrons. The van der Waals surface area contributed by atoms with Crippen LogP contribution in [0.15, 0.2) is 12.1 Å². The highest BCUT2D eigenvalue weighted by molar-refractivity contribution is 7.15. The molecule has 2 aromatic heterocycles.